The van der Waals surface area contributed by atoms with Gasteiger partial charge in [-0.2, -0.15) is 0 Å². The van der Waals surface area contributed by atoms with Crippen LogP contribution in [0.25, 0.3) is 0 Å². The zero-order valence-corrected chi connectivity index (χ0v) is 10.7. The smallest absolute Gasteiger partial charge is 0.197 e. The monoisotopic (exact) mass is 249 g/mol. The molecule has 4 nitrogen and oxygen atoms in total. The Morgan fingerprint density at radius 2 is 2.06 bits per heavy atom. The summed E-state index contributed by atoms with van der Waals surface area (Å²) in [5.41, 5.74) is 4.81. The number of benzene rings is 1. The lowest BCUT2D eigenvalue weighted by molar-refractivity contribution is 0.305. The molecule has 0 amide bonds. The van der Waals surface area contributed by atoms with Crippen LogP contribution >= 0.6 is 11.3 Å². The van der Waals surface area contributed by atoms with Crippen LogP contribution in [-0.2, 0) is 6.61 Å². The van der Waals surface area contributed by atoms with E-state index in [9.17, 15) is 0 Å². The Labute approximate surface area is 104 Å². The molecule has 0 unspecified atom stereocenters. The minimum atomic E-state index is 0.519. The molecule has 5 heteroatoms. The van der Waals surface area contributed by atoms with Crippen LogP contribution in [0.15, 0.2) is 24.4 Å². The van der Waals surface area contributed by atoms with Crippen LogP contribution in [0.3, 0.4) is 0 Å². The van der Waals surface area contributed by atoms with E-state index < -0.39 is 0 Å². The molecule has 0 radical (unpaired) electrons. The van der Waals surface area contributed by atoms with Gasteiger partial charge in [-0.3, -0.25) is 5.43 Å². The maximum absolute atomic E-state index is 5.81. The van der Waals surface area contributed by atoms with E-state index in [2.05, 4.69) is 10.4 Å². The van der Waals surface area contributed by atoms with Gasteiger partial charge in [0.2, 0.25) is 0 Å². The van der Waals surface area contributed by atoms with Crippen LogP contribution in [0.4, 0.5) is 5.13 Å². The maximum Gasteiger partial charge on any atom is 0.197 e. The summed E-state index contributed by atoms with van der Waals surface area (Å²) in [6.45, 7) is 4.61. The van der Waals surface area contributed by atoms with Crippen molar-refractivity contribution >= 4 is 16.5 Å². The van der Waals surface area contributed by atoms with Gasteiger partial charge in [-0.15, -0.1) is 0 Å². The van der Waals surface area contributed by atoms with E-state index in [-0.39, 0.29) is 0 Å². The van der Waals surface area contributed by atoms with Crippen LogP contribution in [0.5, 0.6) is 5.75 Å². The summed E-state index contributed by atoms with van der Waals surface area (Å²) >= 11 is 1.49. The van der Waals surface area contributed by atoms with Crippen molar-refractivity contribution in [3.05, 3.63) is 40.4 Å². The van der Waals surface area contributed by atoms with Gasteiger partial charge < -0.3 is 4.74 Å². The minimum Gasteiger partial charge on any atom is -0.487 e. The number of hydrazine groups is 1. The molecule has 0 aliphatic heterocycles. The third-order valence-electron chi connectivity index (χ3n) is 2.44. The molecule has 0 saturated heterocycles. The molecule has 1 aromatic carbocycles. The average molecular weight is 249 g/mol. The number of anilines is 1. The number of aromatic nitrogens is 1. The zero-order chi connectivity index (χ0) is 12.3. The van der Waals surface area contributed by atoms with Crippen molar-refractivity contribution in [2.75, 3.05) is 5.43 Å². The molecule has 0 fully saturated rings. The van der Waals surface area contributed by atoms with Gasteiger partial charge in [0.05, 0.1) is 4.88 Å². The number of nitrogens with zero attached hydrogens (tertiary/aromatic N) is 1. The van der Waals surface area contributed by atoms with Crippen LogP contribution < -0.4 is 16.0 Å². The summed E-state index contributed by atoms with van der Waals surface area (Å²) in [7, 11) is 0. The quantitative estimate of drug-likeness (QED) is 0.646. The Hall–Kier alpha value is -1.59. The number of nitrogen functional groups attached to an aromatic ring is 1. The molecule has 0 saturated carbocycles. The number of hydrogen-bond donors (Lipinski definition) is 2. The number of nitrogens with two attached hydrogens (primary N) is 1. The third-order valence-corrected chi connectivity index (χ3v) is 3.35. The molecule has 17 heavy (non-hydrogen) atoms. The first-order valence-corrected chi connectivity index (χ1v) is 6.12. The summed E-state index contributed by atoms with van der Waals surface area (Å²) in [5, 5.41) is 0.699. The first-order valence-electron chi connectivity index (χ1n) is 5.31. The molecule has 0 aliphatic carbocycles. The van der Waals surface area contributed by atoms with Crippen molar-refractivity contribution < 1.29 is 4.74 Å². The van der Waals surface area contributed by atoms with E-state index in [1.165, 1.54) is 11.3 Å². The highest BCUT2D eigenvalue weighted by Gasteiger charge is 2.05. The molecule has 1 aromatic heterocycles. The van der Waals surface area contributed by atoms with Gasteiger partial charge in [0, 0.05) is 6.20 Å². The molecule has 2 aromatic rings. The molecule has 0 spiro atoms. The minimum absolute atomic E-state index is 0.519. The van der Waals surface area contributed by atoms with Gasteiger partial charge >= 0.3 is 0 Å². The normalized spacial score (nSPS) is 10.3. The van der Waals surface area contributed by atoms with Gasteiger partial charge in [-0.1, -0.05) is 29.5 Å². The van der Waals surface area contributed by atoms with Crippen LogP contribution in [0, 0.1) is 13.8 Å². The third kappa shape index (κ3) is 2.75. The fourth-order valence-corrected chi connectivity index (χ4v) is 2.25. The second-order valence-electron chi connectivity index (χ2n) is 3.79. The van der Waals surface area contributed by atoms with E-state index in [4.69, 9.17) is 10.6 Å². The van der Waals surface area contributed by atoms with E-state index in [0.717, 1.165) is 21.8 Å². The Balaban J connectivity index is 2.07. The van der Waals surface area contributed by atoms with Crippen molar-refractivity contribution in [2.45, 2.75) is 20.5 Å². The summed E-state index contributed by atoms with van der Waals surface area (Å²) < 4.78 is 5.81. The van der Waals surface area contributed by atoms with E-state index in [1.54, 1.807) is 6.20 Å². The molecule has 0 atom stereocenters. The lowest BCUT2D eigenvalue weighted by atomic mass is 10.1. The fraction of sp³-hybridized carbons (Fsp3) is 0.250. The summed E-state index contributed by atoms with van der Waals surface area (Å²) in [6, 6.07) is 6.12. The van der Waals surface area contributed by atoms with Crippen LogP contribution in [0.1, 0.15) is 16.0 Å². The highest BCUT2D eigenvalue weighted by atomic mass is 32.1. The molecular weight excluding hydrogens is 234 g/mol. The van der Waals surface area contributed by atoms with Gasteiger partial charge in [0.1, 0.15) is 12.4 Å². The highest BCUT2D eigenvalue weighted by Crippen LogP contribution is 2.25. The van der Waals surface area contributed by atoms with Crippen molar-refractivity contribution in [1.82, 2.24) is 4.98 Å². The topological polar surface area (TPSA) is 60.2 Å². The SMILES string of the molecule is Cc1cccc(C)c1OCc1cnc(NN)s1. The number of ether oxygens (including phenoxy) is 1. The van der Waals surface area contributed by atoms with E-state index in [0.29, 0.717) is 11.7 Å². The van der Waals surface area contributed by atoms with Crippen molar-refractivity contribution in [3.63, 3.8) is 0 Å². The maximum atomic E-state index is 5.81. The summed E-state index contributed by atoms with van der Waals surface area (Å²) in [6.07, 6.45) is 1.77. The van der Waals surface area contributed by atoms with Crippen LogP contribution in [-0.4, -0.2) is 4.98 Å². The fourth-order valence-electron chi connectivity index (χ4n) is 1.61. The second kappa shape index (κ2) is 5.16. The summed E-state index contributed by atoms with van der Waals surface area (Å²) in [4.78, 5) is 5.14. The molecule has 3 N–H and O–H groups in total. The Morgan fingerprint density at radius 3 is 2.65 bits per heavy atom. The van der Waals surface area contributed by atoms with Crippen molar-refractivity contribution in [1.29, 1.82) is 0 Å². The Kier molecular flexibility index (Phi) is 3.61. The number of nitrogens with one attached hydrogen (secondary N) is 1. The highest BCUT2D eigenvalue weighted by molar-refractivity contribution is 7.15. The lowest BCUT2D eigenvalue weighted by Gasteiger charge is -2.10. The average Bonchev–Trinajstić information content (AvgIpc) is 2.76. The lowest BCUT2D eigenvalue weighted by Crippen LogP contribution is -2.05. The van der Waals surface area contributed by atoms with E-state index in [1.807, 2.05) is 32.0 Å². The van der Waals surface area contributed by atoms with Crippen molar-refractivity contribution in [2.24, 2.45) is 5.84 Å². The molecule has 2 rings (SSSR count). The van der Waals surface area contributed by atoms with Gasteiger partial charge in [-0.25, -0.2) is 10.8 Å². The molecule has 0 aliphatic rings. The standard InChI is InChI=1S/C12H15N3OS/c1-8-4-3-5-9(2)11(8)16-7-10-6-14-12(15-13)17-10/h3-6H,7,13H2,1-2H3,(H,14,15). The summed E-state index contributed by atoms with van der Waals surface area (Å²) in [5.74, 6) is 6.22. The Bertz CT molecular complexity index is 490. The second-order valence-corrected chi connectivity index (χ2v) is 4.90. The molecule has 1 heterocycles. The number of aryl methyl sites for hydroxylation is 2. The predicted octanol–water partition coefficient (Wildman–Crippen LogP) is 2.62. The van der Waals surface area contributed by atoms with Gasteiger partial charge in [0.25, 0.3) is 0 Å². The number of para-hydroxylation sites is 1. The number of thiazole rings is 1. The van der Waals surface area contributed by atoms with Gasteiger partial charge in [0.15, 0.2) is 5.13 Å². The largest absolute Gasteiger partial charge is 0.487 e. The zero-order valence-electron chi connectivity index (χ0n) is 9.86. The van der Waals surface area contributed by atoms with Crippen molar-refractivity contribution in [3.8, 4) is 5.75 Å². The molecule has 0 bridgehead atoms. The molecular formula is C12H15N3OS. The molecule has 90 valence electrons. The van der Waals surface area contributed by atoms with E-state index >= 15 is 0 Å². The first kappa shape index (κ1) is 11.9. The number of hydrogen-bond acceptors (Lipinski definition) is 5. The first-order chi connectivity index (χ1) is 8.20. The predicted molar refractivity (Wildman–Crippen MR) is 70.2 cm³/mol. The Morgan fingerprint density at radius 1 is 1.35 bits per heavy atom. The number of rotatable bonds is 4. The van der Waals surface area contributed by atoms with Crippen LogP contribution in [0.2, 0.25) is 0 Å². The van der Waals surface area contributed by atoms with Gasteiger partial charge in [-0.05, 0) is 25.0 Å².